The third kappa shape index (κ3) is 2.09. The van der Waals surface area contributed by atoms with Crippen molar-refractivity contribution in [3.63, 3.8) is 0 Å². The number of hydrogen-bond acceptors (Lipinski definition) is 4. The van der Waals surface area contributed by atoms with Gasteiger partial charge in [0, 0.05) is 24.6 Å². The van der Waals surface area contributed by atoms with Gasteiger partial charge in [-0.15, -0.1) is 0 Å². The molecule has 0 atom stereocenters. The lowest BCUT2D eigenvalue weighted by Crippen LogP contribution is -2.33. The lowest BCUT2D eigenvalue weighted by Gasteiger charge is -2.29. The average Bonchev–Trinajstić information content (AvgIpc) is 2.30. The number of para-hydroxylation sites is 1. The molecule has 0 aromatic heterocycles. The molecule has 5 heteroatoms. The number of aromatic carboxylic acids is 1. The van der Waals surface area contributed by atoms with Crippen LogP contribution in [0.25, 0.3) is 0 Å². The molecule has 0 spiro atoms. The number of hydrogen-bond donors (Lipinski definition) is 2. The third-order valence-electron chi connectivity index (χ3n) is 2.67. The van der Waals surface area contributed by atoms with Gasteiger partial charge in [-0.3, -0.25) is 0 Å². The number of benzene rings is 1. The lowest BCUT2D eigenvalue weighted by atomic mass is 10.1. The van der Waals surface area contributed by atoms with Crippen molar-refractivity contribution in [1.29, 1.82) is 0 Å². The van der Waals surface area contributed by atoms with E-state index in [0.29, 0.717) is 5.69 Å². The van der Waals surface area contributed by atoms with Crippen LogP contribution in [0.4, 0.5) is 11.4 Å². The van der Waals surface area contributed by atoms with Gasteiger partial charge in [0.25, 0.3) is 0 Å². The molecular formula is C11H14N2O2S. The van der Waals surface area contributed by atoms with E-state index in [4.69, 9.17) is 10.8 Å². The van der Waals surface area contributed by atoms with Crippen LogP contribution in [0.5, 0.6) is 0 Å². The van der Waals surface area contributed by atoms with Crippen molar-refractivity contribution in [2.24, 2.45) is 0 Å². The van der Waals surface area contributed by atoms with Crippen molar-refractivity contribution < 1.29 is 9.90 Å². The van der Waals surface area contributed by atoms with E-state index < -0.39 is 5.97 Å². The van der Waals surface area contributed by atoms with Crippen LogP contribution in [-0.4, -0.2) is 35.7 Å². The maximum Gasteiger partial charge on any atom is 0.337 e. The van der Waals surface area contributed by atoms with Gasteiger partial charge < -0.3 is 15.7 Å². The van der Waals surface area contributed by atoms with Crippen LogP contribution < -0.4 is 10.6 Å². The van der Waals surface area contributed by atoms with Gasteiger partial charge in [-0.1, -0.05) is 6.07 Å². The normalized spacial score (nSPS) is 16.1. The van der Waals surface area contributed by atoms with Crippen molar-refractivity contribution in [3.05, 3.63) is 23.8 Å². The summed E-state index contributed by atoms with van der Waals surface area (Å²) in [6, 6.07) is 5.18. The molecule has 1 aromatic carbocycles. The molecule has 0 radical (unpaired) electrons. The Morgan fingerprint density at radius 1 is 1.38 bits per heavy atom. The molecule has 1 saturated heterocycles. The van der Waals surface area contributed by atoms with E-state index in [2.05, 4.69) is 4.90 Å². The van der Waals surface area contributed by atoms with Gasteiger partial charge in [-0.05, 0) is 12.1 Å². The fraction of sp³-hybridized carbons (Fsp3) is 0.364. The number of carbonyl (C=O) groups is 1. The molecule has 1 aliphatic heterocycles. The van der Waals surface area contributed by atoms with E-state index in [9.17, 15) is 4.79 Å². The Kier molecular flexibility index (Phi) is 3.24. The summed E-state index contributed by atoms with van der Waals surface area (Å²) in [5, 5.41) is 8.99. The van der Waals surface area contributed by atoms with E-state index in [1.165, 1.54) is 0 Å². The summed E-state index contributed by atoms with van der Waals surface area (Å²) in [6.45, 7) is 1.86. The minimum Gasteiger partial charge on any atom is -0.478 e. The highest BCUT2D eigenvalue weighted by atomic mass is 32.2. The number of anilines is 2. The Morgan fingerprint density at radius 2 is 2.06 bits per heavy atom. The smallest absolute Gasteiger partial charge is 0.337 e. The van der Waals surface area contributed by atoms with Crippen molar-refractivity contribution in [2.75, 3.05) is 35.2 Å². The topological polar surface area (TPSA) is 66.6 Å². The quantitative estimate of drug-likeness (QED) is 0.765. The largest absolute Gasteiger partial charge is 0.478 e. The van der Waals surface area contributed by atoms with Crippen LogP contribution >= 0.6 is 11.8 Å². The molecule has 1 aliphatic rings. The molecular weight excluding hydrogens is 224 g/mol. The molecule has 0 bridgehead atoms. The maximum absolute atomic E-state index is 11.0. The number of rotatable bonds is 2. The standard InChI is InChI=1S/C11H14N2O2S/c12-10-8(11(14)15)2-1-3-9(10)13-4-6-16-7-5-13/h1-3H,4-7,12H2,(H,14,15). The zero-order chi connectivity index (χ0) is 11.5. The van der Waals surface area contributed by atoms with Crippen LogP contribution in [-0.2, 0) is 0 Å². The molecule has 2 rings (SSSR count). The summed E-state index contributed by atoms with van der Waals surface area (Å²) >= 11 is 1.91. The number of thioether (sulfide) groups is 1. The number of nitrogen functional groups attached to an aromatic ring is 1. The van der Waals surface area contributed by atoms with Crippen LogP contribution in [0.3, 0.4) is 0 Å². The maximum atomic E-state index is 11.0. The van der Waals surface area contributed by atoms with Gasteiger partial charge in [-0.2, -0.15) is 11.8 Å². The first-order valence-electron chi connectivity index (χ1n) is 5.14. The molecule has 1 aromatic rings. The Hall–Kier alpha value is -1.36. The Balaban J connectivity index is 2.33. The van der Waals surface area contributed by atoms with E-state index in [-0.39, 0.29) is 5.56 Å². The van der Waals surface area contributed by atoms with Crippen LogP contribution in [0.1, 0.15) is 10.4 Å². The molecule has 86 valence electrons. The number of carboxylic acid groups (broad SMARTS) is 1. The molecule has 1 fully saturated rings. The zero-order valence-corrected chi connectivity index (χ0v) is 9.67. The van der Waals surface area contributed by atoms with E-state index in [0.717, 1.165) is 30.3 Å². The molecule has 4 nitrogen and oxygen atoms in total. The predicted molar refractivity (Wildman–Crippen MR) is 67.4 cm³/mol. The molecule has 3 N–H and O–H groups in total. The zero-order valence-electron chi connectivity index (χ0n) is 8.85. The Labute approximate surface area is 98.4 Å². The molecule has 0 unspecified atom stereocenters. The summed E-state index contributed by atoms with van der Waals surface area (Å²) < 4.78 is 0. The number of nitrogens with two attached hydrogens (primary N) is 1. The lowest BCUT2D eigenvalue weighted by molar-refractivity contribution is 0.0698. The highest BCUT2D eigenvalue weighted by Crippen LogP contribution is 2.28. The third-order valence-corrected chi connectivity index (χ3v) is 3.61. The van der Waals surface area contributed by atoms with Gasteiger partial charge in [0.05, 0.1) is 16.9 Å². The van der Waals surface area contributed by atoms with E-state index in [1.54, 1.807) is 12.1 Å². The summed E-state index contributed by atoms with van der Waals surface area (Å²) in [6.07, 6.45) is 0. The van der Waals surface area contributed by atoms with Crippen LogP contribution in [0, 0.1) is 0 Å². The monoisotopic (exact) mass is 238 g/mol. The number of nitrogens with zero attached hydrogens (tertiary/aromatic N) is 1. The van der Waals surface area contributed by atoms with E-state index in [1.807, 2.05) is 17.8 Å². The fourth-order valence-electron chi connectivity index (χ4n) is 1.82. The first-order valence-corrected chi connectivity index (χ1v) is 6.30. The van der Waals surface area contributed by atoms with Crippen LogP contribution in [0.2, 0.25) is 0 Å². The molecule has 0 aliphatic carbocycles. The highest BCUT2D eigenvalue weighted by Gasteiger charge is 2.17. The molecule has 0 saturated carbocycles. The molecule has 1 heterocycles. The Morgan fingerprint density at radius 3 is 2.69 bits per heavy atom. The average molecular weight is 238 g/mol. The highest BCUT2D eigenvalue weighted by molar-refractivity contribution is 7.99. The Bertz CT molecular complexity index is 403. The van der Waals surface area contributed by atoms with Crippen LogP contribution in [0.15, 0.2) is 18.2 Å². The molecule has 16 heavy (non-hydrogen) atoms. The van der Waals surface area contributed by atoms with Gasteiger partial charge in [0.1, 0.15) is 0 Å². The number of carboxylic acids is 1. The fourth-order valence-corrected chi connectivity index (χ4v) is 2.72. The van der Waals surface area contributed by atoms with Gasteiger partial charge in [0.2, 0.25) is 0 Å². The minimum absolute atomic E-state index is 0.190. The summed E-state index contributed by atoms with van der Waals surface area (Å²) in [5.74, 6) is 1.17. The predicted octanol–water partition coefficient (Wildman–Crippen LogP) is 1.52. The van der Waals surface area contributed by atoms with Crippen molar-refractivity contribution in [3.8, 4) is 0 Å². The van der Waals surface area contributed by atoms with E-state index >= 15 is 0 Å². The van der Waals surface area contributed by atoms with Crippen molar-refractivity contribution >= 4 is 29.1 Å². The first kappa shape index (κ1) is 11.1. The molecule has 0 amide bonds. The summed E-state index contributed by atoms with van der Waals surface area (Å²) in [7, 11) is 0. The van der Waals surface area contributed by atoms with Gasteiger partial charge in [0.15, 0.2) is 0 Å². The summed E-state index contributed by atoms with van der Waals surface area (Å²) in [4.78, 5) is 13.1. The SMILES string of the molecule is Nc1c(C(=O)O)cccc1N1CCSCC1. The van der Waals surface area contributed by atoms with Crippen molar-refractivity contribution in [1.82, 2.24) is 0 Å². The first-order chi connectivity index (χ1) is 7.70. The second-order valence-electron chi connectivity index (χ2n) is 3.64. The van der Waals surface area contributed by atoms with Gasteiger partial charge >= 0.3 is 5.97 Å². The summed E-state index contributed by atoms with van der Waals surface area (Å²) in [5.41, 5.74) is 7.30. The minimum atomic E-state index is -0.967. The second kappa shape index (κ2) is 4.65. The second-order valence-corrected chi connectivity index (χ2v) is 4.87. The van der Waals surface area contributed by atoms with Crippen molar-refractivity contribution in [2.45, 2.75) is 0 Å². The van der Waals surface area contributed by atoms with Gasteiger partial charge in [-0.25, -0.2) is 4.79 Å².